The van der Waals surface area contributed by atoms with E-state index in [4.69, 9.17) is 0 Å². The van der Waals surface area contributed by atoms with Crippen molar-refractivity contribution in [1.82, 2.24) is 9.97 Å². The second-order valence-electron chi connectivity index (χ2n) is 3.64. The normalized spacial score (nSPS) is 10.2. The van der Waals surface area contributed by atoms with E-state index in [1.165, 1.54) is 31.0 Å². The summed E-state index contributed by atoms with van der Waals surface area (Å²) >= 11 is 1.45. The molecule has 1 aromatic carbocycles. The highest BCUT2D eigenvalue weighted by Crippen LogP contribution is 2.21. The molecule has 4 nitrogen and oxygen atoms in total. The van der Waals surface area contributed by atoms with Crippen molar-refractivity contribution < 1.29 is 13.9 Å². The molecule has 0 spiro atoms. The molecule has 19 heavy (non-hydrogen) atoms. The molecule has 0 N–H and O–H groups in total. The van der Waals surface area contributed by atoms with Crippen LogP contribution in [-0.2, 0) is 10.5 Å². The number of carbonyl (C=O) groups is 1. The van der Waals surface area contributed by atoms with Gasteiger partial charge >= 0.3 is 5.97 Å². The number of aromatic nitrogens is 2. The standard InChI is InChI=1S/C13H11FN2O2S/c1-18-13(17)10-3-2-9(6-11(10)14)8-19-12-7-15-4-5-16-12/h2-7H,8H2,1H3. The molecule has 98 valence electrons. The first kappa shape index (κ1) is 13.5. The zero-order valence-corrected chi connectivity index (χ0v) is 11.0. The number of rotatable bonds is 4. The van der Waals surface area contributed by atoms with Crippen molar-refractivity contribution in [3.05, 3.63) is 53.7 Å². The van der Waals surface area contributed by atoms with Crippen LogP contribution in [0.2, 0.25) is 0 Å². The molecular weight excluding hydrogens is 267 g/mol. The summed E-state index contributed by atoms with van der Waals surface area (Å²) in [5, 5.41) is 0.764. The number of carbonyl (C=O) groups excluding carboxylic acids is 1. The van der Waals surface area contributed by atoms with Gasteiger partial charge in [0.25, 0.3) is 0 Å². The van der Waals surface area contributed by atoms with E-state index in [1.54, 1.807) is 24.7 Å². The van der Waals surface area contributed by atoms with Gasteiger partial charge in [0.1, 0.15) is 10.8 Å². The average molecular weight is 278 g/mol. The van der Waals surface area contributed by atoms with Crippen LogP contribution in [0.3, 0.4) is 0 Å². The lowest BCUT2D eigenvalue weighted by atomic mass is 10.1. The molecule has 0 atom stereocenters. The molecule has 0 unspecified atom stereocenters. The smallest absolute Gasteiger partial charge is 0.340 e. The Bertz CT molecular complexity index is 578. The third-order valence-electron chi connectivity index (χ3n) is 2.37. The molecule has 2 aromatic rings. The van der Waals surface area contributed by atoms with Gasteiger partial charge in [-0.1, -0.05) is 6.07 Å². The summed E-state index contributed by atoms with van der Waals surface area (Å²) < 4.78 is 18.2. The molecule has 0 amide bonds. The fraction of sp³-hybridized carbons (Fsp3) is 0.154. The molecule has 0 saturated carbocycles. The summed E-state index contributed by atoms with van der Waals surface area (Å²) in [6.07, 6.45) is 4.84. The van der Waals surface area contributed by atoms with E-state index in [2.05, 4.69) is 14.7 Å². The van der Waals surface area contributed by atoms with Crippen LogP contribution in [0.15, 0.2) is 41.8 Å². The predicted octanol–water partition coefficient (Wildman–Crippen LogP) is 2.69. The van der Waals surface area contributed by atoms with Crippen LogP contribution in [-0.4, -0.2) is 23.0 Å². The lowest BCUT2D eigenvalue weighted by molar-refractivity contribution is 0.0595. The Hall–Kier alpha value is -1.95. The summed E-state index contributed by atoms with van der Waals surface area (Å²) in [4.78, 5) is 19.3. The topological polar surface area (TPSA) is 52.1 Å². The van der Waals surface area contributed by atoms with Gasteiger partial charge in [-0.3, -0.25) is 4.98 Å². The summed E-state index contributed by atoms with van der Waals surface area (Å²) in [6.45, 7) is 0. The van der Waals surface area contributed by atoms with Crippen LogP contribution in [0.1, 0.15) is 15.9 Å². The maximum absolute atomic E-state index is 13.7. The zero-order valence-electron chi connectivity index (χ0n) is 10.2. The van der Waals surface area contributed by atoms with Crippen molar-refractivity contribution in [2.45, 2.75) is 10.8 Å². The first-order valence-electron chi connectivity index (χ1n) is 5.46. The van der Waals surface area contributed by atoms with Crippen LogP contribution < -0.4 is 0 Å². The van der Waals surface area contributed by atoms with Crippen molar-refractivity contribution in [1.29, 1.82) is 0 Å². The Labute approximate surface area is 114 Å². The number of halogens is 1. The second kappa shape index (κ2) is 6.29. The van der Waals surface area contributed by atoms with Gasteiger partial charge in [0.15, 0.2) is 0 Å². The number of benzene rings is 1. The minimum Gasteiger partial charge on any atom is -0.465 e. The number of methoxy groups -OCH3 is 1. The van der Waals surface area contributed by atoms with Gasteiger partial charge in [-0.05, 0) is 17.7 Å². The molecule has 0 fully saturated rings. The van der Waals surface area contributed by atoms with E-state index in [9.17, 15) is 9.18 Å². The number of thioether (sulfide) groups is 1. The lowest BCUT2D eigenvalue weighted by Crippen LogP contribution is -2.04. The molecule has 1 aromatic heterocycles. The Kier molecular flexibility index (Phi) is 4.46. The van der Waals surface area contributed by atoms with E-state index in [0.717, 1.165) is 10.6 Å². The molecule has 2 rings (SSSR count). The largest absolute Gasteiger partial charge is 0.465 e. The Morgan fingerprint density at radius 2 is 2.26 bits per heavy atom. The summed E-state index contributed by atoms with van der Waals surface area (Å²) in [5.74, 6) is -0.702. The van der Waals surface area contributed by atoms with Crippen molar-refractivity contribution in [3.63, 3.8) is 0 Å². The minimum atomic E-state index is -0.675. The average Bonchev–Trinajstić information content (AvgIpc) is 2.45. The van der Waals surface area contributed by atoms with Crippen molar-refractivity contribution >= 4 is 17.7 Å². The van der Waals surface area contributed by atoms with E-state index < -0.39 is 11.8 Å². The third-order valence-corrected chi connectivity index (χ3v) is 3.35. The predicted molar refractivity (Wildman–Crippen MR) is 69.3 cm³/mol. The van der Waals surface area contributed by atoms with E-state index in [-0.39, 0.29) is 5.56 Å². The van der Waals surface area contributed by atoms with Gasteiger partial charge in [-0.25, -0.2) is 14.2 Å². The molecule has 0 saturated heterocycles. The van der Waals surface area contributed by atoms with Crippen LogP contribution in [0, 0.1) is 5.82 Å². The van der Waals surface area contributed by atoms with Crippen LogP contribution in [0.5, 0.6) is 0 Å². The molecule has 0 aliphatic heterocycles. The summed E-state index contributed by atoms with van der Waals surface area (Å²) in [7, 11) is 1.22. The van der Waals surface area contributed by atoms with Crippen molar-refractivity contribution in [2.24, 2.45) is 0 Å². The Balaban J connectivity index is 2.06. The lowest BCUT2D eigenvalue weighted by Gasteiger charge is -2.04. The van der Waals surface area contributed by atoms with Crippen LogP contribution >= 0.6 is 11.8 Å². The van der Waals surface area contributed by atoms with Gasteiger partial charge in [0.05, 0.1) is 18.9 Å². The fourth-order valence-electron chi connectivity index (χ4n) is 1.44. The highest BCUT2D eigenvalue weighted by molar-refractivity contribution is 7.98. The maximum atomic E-state index is 13.7. The maximum Gasteiger partial charge on any atom is 0.340 e. The molecule has 1 heterocycles. The molecular formula is C13H11FN2O2S. The molecule has 0 aliphatic carbocycles. The Morgan fingerprint density at radius 3 is 2.89 bits per heavy atom. The van der Waals surface area contributed by atoms with E-state index >= 15 is 0 Å². The number of hydrogen-bond acceptors (Lipinski definition) is 5. The van der Waals surface area contributed by atoms with E-state index in [0.29, 0.717) is 5.75 Å². The third kappa shape index (κ3) is 3.51. The number of ether oxygens (including phenoxy) is 1. The molecule has 0 bridgehead atoms. The highest BCUT2D eigenvalue weighted by atomic mass is 32.2. The van der Waals surface area contributed by atoms with Gasteiger partial charge < -0.3 is 4.74 Å². The van der Waals surface area contributed by atoms with Gasteiger partial charge in [-0.15, -0.1) is 11.8 Å². The molecule has 6 heteroatoms. The van der Waals surface area contributed by atoms with Crippen molar-refractivity contribution in [2.75, 3.05) is 7.11 Å². The van der Waals surface area contributed by atoms with Crippen LogP contribution in [0.4, 0.5) is 4.39 Å². The SMILES string of the molecule is COC(=O)c1ccc(CSc2cnccn2)cc1F. The first-order chi connectivity index (χ1) is 9.20. The highest BCUT2D eigenvalue weighted by Gasteiger charge is 2.12. The minimum absolute atomic E-state index is 0.0595. The van der Waals surface area contributed by atoms with Gasteiger partial charge in [0.2, 0.25) is 0 Å². The van der Waals surface area contributed by atoms with E-state index in [1.807, 2.05) is 0 Å². The molecule has 0 aliphatic rings. The summed E-state index contributed by atoms with van der Waals surface area (Å²) in [5.41, 5.74) is 0.705. The second-order valence-corrected chi connectivity index (χ2v) is 4.63. The Morgan fingerprint density at radius 1 is 1.42 bits per heavy atom. The fourth-order valence-corrected chi connectivity index (χ4v) is 2.21. The van der Waals surface area contributed by atoms with Crippen LogP contribution in [0.25, 0.3) is 0 Å². The van der Waals surface area contributed by atoms with Crippen molar-refractivity contribution in [3.8, 4) is 0 Å². The first-order valence-corrected chi connectivity index (χ1v) is 6.45. The number of hydrogen-bond donors (Lipinski definition) is 0. The molecule has 0 radical (unpaired) electrons. The zero-order chi connectivity index (χ0) is 13.7. The van der Waals surface area contributed by atoms with Gasteiger partial charge in [-0.2, -0.15) is 0 Å². The van der Waals surface area contributed by atoms with Gasteiger partial charge in [0, 0.05) is 18.1 Å². The summed E-state index contributed by atoms with van der Waals surface area (Å²) in [6, 6.07) is 4.45. The quantitative estimate of drug-likeness (QED) is 0.635. The number of esters is 1. The monoisotopic (exact) mass is 278 g/mol. The number of nitrogens with zero attached hydrogens (tertiary/aromatic N) is 2.